The number of hydrogen-bond acceptors (Lipinski definition) is 3. The largest absolute Gasteiger partial charge is 0.494 e. The Labute approximate surface area is 128 Å². The summed E-state index contributed by atoms with van der Waals surface area (Å²) < 4.78 is 5.35. The first-order chi connectivity index (χ1) is 10.7. The Morgan fingerprint density at radius 2 is 1.95 bits per heavy atom. The number of aliphatic carboxylic acids is 1. The lowest BCUT2D eigenvalue weighted by molar-refractivity contribution is -0.136. The Kier molecular flexibility index (Phi) is 3.74. The summed E-state index contributed by atoms with van der Waals surface area (Å²) in [6, 6.07) is 17.1. The minimum absolute atomic E-state index is 0.00470. The molecule has 1 aromatic heterocycles. The van der Waals surface area contributed by atoms with Gasteiger partial charge in [-0.2, -0.15) is 0 Å². The number of fused-ring (bicyclic) bond motifs is 1. The van der Waals surface area contributed by atoms with Crippen LogP contribution in [0.5, 0.6) is 5.75 Å². The van der Waals surface area contributed by atoms with Crippen LogP contribution in [0, 0.1) is 0 Å². The van der Waals surface area contributed by atoms with Crippen molar-refractivity contribution in [3.63, 3.8) is 0 Å². The van der Waals surface area contributed by atoms with Crippen molar-refractivity contribution in [3.8, 4) is 17.0 Å². The van der Waals surface area contributed by atoms with E-state index in [4.69, 9.17) is 9.84 Å². The second-order valence-electron chi connectivity index (χ2n) is 5.00. The fraction of sp³-hybridized carbons (Fsp3) is 0.111. The normalized spacial score (nSPS) is 10.6. The van der Waals surface area contributed by atoms with Crippen molar-refractivity contribution in [2.75, 3.05) is 7.11 Å². The van der Waals surface area contributed by atoms with Crippen molar-refractivity contribution in [2.45, 2.75) is 6.42 Å². The molecule has 3 aromatic rings. The van der Waals surface area contributed by atoms with Gasteiger partial charge in [-0.05, 0) is 23.8 Å². The van der Waals surface area contributed by atoms with Gasteiger partial charge in [-0.3, -0.25) is 4.79 Å². The molecule has 0 amide bonds. The molecule has 1 N–H and O–H groups in total. The lowest BCUT2D eigenvalue weighted by atomic mass is 10.0. The number of carbonyl (C=O) groups is 1. The monoisotopic (exact) mass is 293 g/mol. The predicted octanol–water partition coefficient (Wildman–Crippen LogP) is 3.54. The summed E-state index contributed by atoms with van der Waals surface area (Å²) in [7, 11) is 1.62. The number of aromatic nitrogens is 1. The molecular formula is C18H15NO3. The number of hydrogen-bond donors (Lipinski definition) is 1. The van der Waals surface area contributed by atoms with Crippen molar-refractivity contribution in [3.05, 3.63) is 60.2 Å². The highest BCUT2D eigenvalue weighted by molar-refractivity contribution is 5.86. The number of carboxylic acid groups (broad SMARTS) is 1. The van der Waals surface area contributed by atoms with E-state index in [9.17, 15) is 4.79 Å². The van der Waals surface area contributed by atoms with Crippen molar-refractivity contribution >= 4 is 16.9 Å². The third-order valence-corrected chi connectivity index (χ3v) is 3.48. The second-order valence-corrected chi connectivity index (χ2v) is 5.00. The second kappa shape index (κ2) is 5.85. The third-order valence-electron chi connectivity index (χ3n) is 3.48. The van der Waals surface area contributed by atoms with E-state index >= 15 is 0 Å². The molecule has 0 fully saturated rings. The zero-order chi connectivity index (χ0) is 15.5. The zero-order valence-electron chi connectivity index (χ0n) is 12.1. The van der Waals surface area contributed by atoms with Crippen LogP contribution in [0.1, 0.15) is 5.56 Å². The topological polar surface area (TPSA) is 59.4 Å². The lowest BCUT2D eigenvalue weighted by Gasteiger charge is -2.08. The number of benzene rings is 2. The van der Waals surface area contributed by atoms with Crippen molar-refractivity contribution in [2.24, 2.45) is 0 Å². The first-order valence-electron chi connectivity index (χ1n) is 6.92. The fourth-order valence-corrected chi connectivity index (χ4v) is 2.46. The van der Waals surface area contributed by atoms with Gasteiger partial charge in [0.2, 0.25) is 0 Å². The van der Waals surface area contributed by atoms with Gasteiger partial charge in [0.25, 0.3) is 0 Å². The van der Waals surface area contributed by atoms with E-state index in [2.05, 4.69) is 4.98 Å². The molecule has 2 aromatic carbocycles. The standard InChI is InChI=1S/C18H15NO3/c1-22-16-7-3-5-13-8-9-15(19-18(13)16)14-6-2-4-12(10-14)11-17(20)21/h2-10H,11H2,1H3,(H,20,21). The molecule has 0 bridgehead atoms. The van der Waals surface area contributed by atoms with Crippen LogP contribution in [0.2, 0.25) is 0 Å². The summed E-state index contributed by atoms with van der Waals surface area (Å²) in [6.07, 6.45) is 0.00470. The lowest BCUT2D eigenvalue weighted by Crippen LogP contribution is -2.00. The highest BCUT2D eigenvalue weighted by atomic mass is 16.5. The van der Waals surface area contributed by atoms with Crippen LogP contribution in [-0.2, 0) is 11.2 Å². The molecule has 110 valence electrons. The predicted molar refractivity (Wildman–Crippen MR) is 85.1 cm³/mol. The molecule has 0 spiro atoms. The number of methoxy groups -OCH3 is 1. The van der Waals surface area contributed by atoms with Gasteiger partial charge in [0, 0.05) is 10.9 Å². The van der Waals surface area contributed by atoms with Crippen LogP contribution in [0.15, 0.2) is 54.6 Å². The Bertz CT molecular complexity index is 843. The van der Waals surface area contributed by atoms with Gasteiger partial charge in [-0.1, -0.05) is 36.4 Å². The Morgan fingerprint density at radius 3 is 2.73 bits per heavy atom. The molecular weight excluding hydrogens is 278 g/mol. The molecule has 0 atom stereocenters. The molecule has 0 aliphatic rings. The number of carboxylic acids is 1. The quantitative estimate of drug-likeness (QED) is 0.799. The molecule has 0 saturated carbocycles. The van der Waals surface area contributed by atoms with Crippen molar-refractivity contribution in [1.29, 1.82) is 0 Å². The van der Waals surface area contributed by atoms with E-state index in [-0.39, 0.29) is 6.42 Å². The summed E-state index contributed by atoms with van der Waals surface area (Å²) in [6.45, 7) is 0. The van der Waals surface area contributed by atoms with E-state index in [1.54, 1.807) is 13.2 Å². The van der Waals surface area contributed by atoms with E-state index in [0.29, 0.717) is 0 Å². The maximum atomic E-state index is 10.8. The number of ether oxygens (including phenoxy) is 1. The van der Waals surface area contributed by atoms with Gasteiger partial charge in [-0.15, -0.1) is 0 Å². The van der Waals surface area contributed by atoms with Gasteiger partial charge in [0.05, 0.1) is 19.2 Å². The number of rotatable bonds is 4. The number of nitrogens with zero attached hydrogens (tertiary/aromatic N) is 1. The maximum Gasteiger partial charge on any atom is 0.307 e. The van der Waals surface area contributed by atoms with Crippen LogP contribution < -0.4 is 4.74 Å². The molecule has 3 rings (SSSR count). The Balaban J connectivity index is 2.08. The van der Waals surface area contributed by atoms with Crippen molar-refractivity contribution < 1.29 is 14.6 Å². The number of pyridine rings is 1. The van der Waals surface area contributed by atoms with Crippen LogP contribution >= 0.6 is 0 Å². The molecule has 4 heteroatoms. The molecule has 0 unspecified atom stereocenters. The minimum Gasteiger partial charge on any atom is -0.494 e. The molecule has 0 aliphatic heterocycles. The van der Waals surface area contributed by atoms with Gasteiger partial charge in [-0.25, -0.2) is 4.98 Å². The smallest absolute Gasteiger partial charge is 0.307 e. The summed E-state index contributed by atoms with van der Waals surface area (Å²) in [5.41, 5.74) is 3.24. The third kappa shape index (κ3) is 2.76. The van der Waals surface area contributed by atoms with E-state index in [1.165, 1.54) is 0 Å². The van der Waals surface area contributed by atoms with Crippen LogP contribution in [0.25, 0.3) is 22.2 Å². The highest BCUT2D eigenvalue weighted by Gasteiger charge is 2.07. The van der Waals surface area contributed by atoms with E-state index in [1.807, 2.05) is 48.5 Å². The summed E-state index contributed by atoms with van der Waals surface area (Å²) >= 11 is 0. The summed E-state index contributed by atoms with van der Waals surface area (Å²) in [5.74, 6) is -0.119. The van der Waals surface area contributed by atoms with Crippen LogP contribution in [0.4, 0.5) is 0 Å². The fourth-order valence-electron chi connectivity index (χ4n) is 2.46. The zero-order valence-corrected chi connectivity index (χ0v) is 12.1. The minimum atomic E-state index is -0.842. The molecule has 1 heterocycles. The van der Waals surface area contributed by atoms with E-state index < -0.39 is 5.97 Å². The maximum absolute atomic E-state index is 10.8. The first kappa shape index (κ1) is 14.1. The molecule has 0 saturated heterocycles. The van der Waals surface area contributed by atoms with E-state index in [0.717, 1.165) is 33.5 Å². The van der Waals surface area contributed by atoms with Gasteiger partial charge in [0.15, 0.2) is 0 Å². The Hall–Kier alpha value is -2.88. The average molecular weight is 293 g/mol. The van der Waals surface area contributed by atoms with Gasteiger partial charge < -0.3 is 9.84 Å². The first-order valence-corrected chi connectivity index (χ1v) is 6.92. The average Bonchev–Trinajstić information content (AvgIpc) is 2.53. The van der Waals surface area contributed by atoms with Gasteiger partial charge in [0.1, 0.15) is 11.3 Å². The Morgan fingerprint density at radius 1 is 1.14 bits per heavy atom. The van der Waals surface area contributed by atoms with Crippen LogP contribution in [0.3, 0.4) is 0 Å². The SMILES string of the molecule is COc1cccc2ccc(-c3cccc(CC(=O)O)c3)nc12. The number of para-hydroxylation sites is 1. The van der Waals surface area contributed by atoms with Crippen molar-refractivity contribution in [1.82, 2.24) is 4.98 Å². The molecule has 0 radical (unpaired) electrons. The molecule has 0 aliphatic carbocycles. The van der Waals surface area contributed by atoms with Crippen LogP contribution in [-0.4, -0.2) is 23.2 Å². The summed E-state index contributed by atoms with van der Waals surface area (Å²) in [5, 5.41) is 9.91. The van der Waals surface area contributed by atoms with Gasteiger partial charge >= 0.3 is 5.97 Å². The molecule has 22 heavy (non-hydrogen) atoms. The molecule has 4 nitrogen and oxygen atoms in total. The highest BCUT2D eigenvalue weighted by Crippen LogP contribution is 2.27. The summed E-state index contributed by atoms with van der Waals surface area (Å²) in [4.78, 5) is 15.5.